The maximum absolute atomic E-state index is 11.0. The minimum atomic E-state index is -2.51. The molecule has 0 saturated carbocycles. The number of benzene rings is 12. The number of rotatable bonds is 5. The summed E-state index contributed by atoms with van der Waals surface area (Å²) in [6.07, 6.45) is 0. The van der Waals surface area contributed by atoms with Crippen molar-refractivity contribution < 1.29 is 48.3 Å². The normalized spacial score (nSPS) is 20.9. The third-order valence-electron chi connectivity index (χ3n) is 12.8. The second-order valence-corrected chi connectivity index (χ2v) is 16.2. The van der Waals surface area contributed by atoms with Crippen LogP contribution in [-0.4, -0.2) is 0 Å². The van der Waals surface area contributed by atoms with Gasteiger partial charge in [-0.05, 0) is 136 Å². The fraction of sp³-hybridized carbons (Fsp3) is 0.0149. The lowest BCUT2D eigenvalue weighted by molar-refractivity contribution is 0.669. The molecule has 13 aromatic rings. The summed E-state index contributed by atoms with van der Waals surface area (Å²) < 4.78 is 310. The Bertz CT molecular complexity index is 6200. The van der Waals surface area contributed by atoms with Gasteiger partial charge in [0.1, 0.15) is 11.2 Å². The van der Waals surface area contributed by atoms with Crippen molar-refractivity contribution in [3.05, 3.63) is 270 Å². The van der Waals surface area contributed by atoms with Gasteiger partial charge in [-0.1, -0.05) is 206 Å². The fourth-order valence-corrected chi connectivity index (χ4v) is 10.1. The molecule has 0 saturated heterocycles. The van der Waals surface area contributed by atoms with Crippen LogP contribution in [0.25, 0.3) is 98.8 Å². The van der Waals surface area contributed by atoms with Gasteiger partial charge in [0.15, 0.2) is 0 Å². The lowest BCUT2D eigenvalue weighted by atomic mass is 9.70. The van der Waals surface area contributed by atoms with E-state index in [2.05, 4.69) is 0 Å². The largest absolute Gasteiger partial charge is 0.456 e. The number of anilines is 3. The van der Waals surface area contributed by atoms with Gasteiger partial charge in [-0.15, -0.1) is 0 Å². The molecule has 0 amide bonds. The van der Waals surface area contributed by atoms with E-state index in [9.17, 15) is 24.7 Å². The van der Waals surface area contributed by atoms with Crippen LogP contribution in [0.15, 0.2) is 252 Å². The van der Waals surface area contributed by atoms with E-state index in [0.717, 1.165) is 29.2 Å². The van der Waals surface area contributed by atoms with Crippen LogP contribution in [0.3, 0.4) is 0 Å². The van der Waals surface area contributed by atoms with E-state index in [1.165, 1.54) is 30.3 Å². The topological polar surface area (TPSA) is 16.4 Å². The smallest absolute Gasteiger partial charge is 0.136 e. The van der Waals surface area contributed by atoms with Gasteiger partial charge < -0.3 is 9.32 Å². The Labute approximate surface area is 444 Å². The van der Waals surface area contributed by atoms with Gasteiger partial charge in [0.05, 0.1) is 55.0 Å². The third-order valence-corrected chi connectivity index (χ3v) is 12.8. The lowest BCUT2D eigenvalue weighted by Gasteiger charge is -2.32. The summed E-state index contributed by atoms with van der Waals surface area (Å²) in [5, 5.41) is -3.68. The molecule has 320 valence electrons. The van der Waals surface area contributed by atoms with E-state index in [1.807, 2.05) is 0 Å². The Kier molecular flexibility index (Phi) is 3.91. The molecule has 1 heterocycles. The number of para-hydroxylation sites is 1. The molecule has 1 spiro atoms. The highest BCUT2D eigenvalue weighted by molar-refractivity contribution is 6.18. The van der Waals surface area contributed by atoms with Crippen molar-refractivity contribution in [1.82, 2.24) is 0 Å². The fourth-order valence-electron chi connectivity index (χ4n) is 10.1. The van der Waals surface area contributed by atoms with Crippen molar-refractivity contribution in [3.63, 3.8) is 0 Å². The summed E-state index contributed by atoms with van der Waals surface area (Å²) in [7, 11) is 0. The van der Waals surface area contributed by atoms with E-state index in [4.69, 9.17) is 23.6 Å². The molecule has 0 fully saturated rings. The molecule has 0 radical (unpaired) electrons. The van der Waals surface area contributed by atoms with Gasteiger partial charge in [-0.2, -0.15) is 0 Å². The first kappa shape index (κ1) is 18.6. The Hall–Kier alpha value is -8.98. The van der Waals surface area contributed by atoms with Crippen LogP contribution in [0, 0.1) is 0 Å². The minimum Gasteiger partial charge on any atom is -0.456 e. The average molecular weight is 908 g/mol. The number of nitrogens with zero attached hydrogens (tertiary/aromatic N) is 1. The maximum atomic E-state index is 11.0. The van der Waals surface area contributed by atoms with Crippen LogP contribution in [0.2, 0.25) is 0 Å². The number of hydrogen-bond donors (Lipinski definition) is 0. The Morgan fingerprint density at radius 3 is 2.06 bits per heavy atom. The summed E-state index contributed by atoms with van der Waals surface area (Å²) >= 11 is 0. The quantitative estimate of drug-likeness (QED) is 0.160. The molecule has 0 bridgehead atoms. The van der Waals surface area contributed by atoms with Gasteiger partial charge >= 0.3 is 0 Å². The Morgan fingerprint density at radius 1 is 0.377 bits per heavy atom. The van der Waals surface area contributed by atoms with E-state index < -0.39 is 276 Å². The third kappa shape index (κ3) is 5.31. The summed E-state index contributed by atoms with van der Waals surface area (Å²) in [5.74, 6) is 0. The molecule has 1 unspecified atom stereocenters. The van der Waals surface area contributed by atoms with Crippen LogP contribution in [-0.2, 0) is 5.41 Å². The van der Waals surface area contributed by atoms with Crippen molar-refractivity contribution in [1.29, 1.82) is 0 Å². The molecule has 2 nitrogen and oxygen atoms in total. The first-order valence-electron chi connectivity index (χ1n) is 37.3. The molecule has 0 N–H and O–H groups in total. The standard InChI is InChI=1S/C67H41NO/c1-4-19-48-42(16-1)34-38-49(65(48)57-26-15-31-64-66(57)56-25-10-14-30-63(56)69-64)43-32-35-45(36-33-43)68(62-40-44-17-2-3-18-47(44)50-20-5-6-24-55(50)62)46-37-39-54-53-23-9-13-29-60(53)67(61(54)41-46)58-27-11-7-21-51(58)52-22-8-12-28-59(52)67/h1-41H/i1D,2D,3D,4D,5D,6D,7D,9D,10D,11D,13D,15D,16D,18D,19D,20D,21D,22D,24D,25D,26D,27D,29D,31D,32D,34D,35D,36D,37D,38D,39D,41D. The molecule has 69 heavy (non-hydrogen) atoms. The second-order valence-electron chi connectivity index (χ2n) is 16.2. The van der Waals surface area contributed by atoms with Crippen molar-refractivity contribution in [2.75, 3.05) is 4.90 Å². The first-order chi connectivity index (χ1) is 47.5. The number of fused-ring (bicyclic) bond motifs is 17. The minimum absolute atomic E-state index is 0.107. The zero-order valence-electron chi connectivity index (χ0n) is 67.1. The maximum Gasteiger partial charge on any atom is 0.136 e. The van der Waals surface area contributed by atoms with Crippen molar-refractivity contribution >= 4 is 71.3 Å². The molecular weight excluding hydrogens is 835 g/mol. The van der Waals surface area contributed by atoms with Crippen molar-refractivity contribution in [3.8, 4) is 44.5 Å². The molecule has 2 aliphatic rings. The summed E-state index contributed by atoms with van der Waals surface area (Å²) in [6.45, 7) is 0. The van der Waals surface area contributed by atoms with E-state index >= 15 is 0 Å². The predicted molar refractivity (Wildman–Crippen MR) is 288 cm³/mol. The highest BCUT2D eigenvalue weighted by Crippen LogP contribution is 2.63. The Balaban J connectivity index is 1.16. The molecule has 2 aliphatic carbocycles. The van der Waals surface area contributed by atoms with Gasteiger partial charge in [-0.25, -0.2) is 0 Å². The van der Waals surface area contributed by atoms with E-state index in [0.29, 0.717) is 0 Å². The summed E-state index contributed by atoms with van der Waals surface area (Å²) in [6, 6.07) is -16.0. The van der Waals surface area contributed by atoms with Crippen LogP contribution in [0.1, 0.15) is 66.1 Å². The first-order valence-corrected chi connectivity index (χ1v) is 21.3. The average Bonchev–Trinajstić information content (AvgIpc) is 1.49. The molecule has 12 aromatic carbocycles. The van der Waals surface area contributed by atoms with Crippen LogP contribution in [0.5, 0.6) is 0 Å². The van der Waals surface area contributed by atoms with Crippen LogP contribution in [0.4, 0.5) is 17.1 Å². The summed E-state index contributed by atoms with van der Waals surface area (Å²) in [5.41, 5.74) is -10.9. The highest BCUT2D eigenvalue weighted by Gasteiger charge is 2.51. The molecule has 0 aliphatic heterocycles. The second kappa shape index (κ2) is 14.5. The molecule has 15 rings (SSSR count). The van der Waals surface area contributed by atoms with E-state index in [-0.39, 0.29) is 61.0 Å². The molecule has 1 aromatic heterocycles. The number of hydrogen-bond acceptors (Lipinski definition) is 2. The van der Waals surface area contributed by atoms with Crippen LogP contribution < -0.4 is 4.90 Å². The zero-order chi connectivity index (χ0) is 73.1. The predicted octanol–water partition coefficient (Wildman–Crippen LogP) is 18.2. The number of furan rings is 1. The zero-order valence-corrected chi connectivity index (χ0v) is 35.1. The highest BCUT2D eigenvalue weighted by atomic mass is 16.3. The Morgan fingerprint density at radius 2 is 1.10 bits per heavy atom. The van der Waals surface area contributed by atoms with Crippen LogP contribution >= 0.6 is 0 Å². The van der Waals surface area contributed by atoms with Gasteiger partial charge in [0.25, 0.3) is 0 Å². The van der Waals surface area contributed by atoms with Gasteiger partial charge in [0.2, 0.25) is 0 Å². The molecular formula is C67H41NO. The summed E-state index contributed by atoms with van der Waals surface area (Å²) in [4.78, 5) is 0.744. The van der Waals surface area contributed by atoms with Gasteiger partial charge in [-0.3, -0.25) is 0 Å². The SMILES string of the molecule is [2H]c1cc2c(c([2H])c1[2H])C1(c3cccc([2H])c3-c3c([2H])c([2H])c([2H])c([2H])c31)c1c([2H])c(N(c3c([2H])cc(-c4c([2H])c([2H])c5c([2H])c([2H])c([2H])c([2H])c5c4-c4c([2H])c([2H])c([2H])c5oc6ccc([2H])c([2H])c6c45)c([2H])c3[2H])c3cc4cc([2H])c([2H])c([2H])c4c4c([2H])c([2H])c([2H])c([2H])c34)c([2H])c([2H])c1-2. The van der Waals surface area contributed by atoms with E-state index in [1.54, 1.807) is 0 Å². The molecule has 1 atom stereocenters. The lowest BCUT2D eigenvalue weighted by Crippen LogP contribution is -2.26. The van der Waals surface area contributed by atoms with Gasteiger partial charge in [0, 0.05) is 27.5 Å². The van der Waals surface area contributed by atoms with Crippen molar-refractivity contribution in [2.24, 2.45) is 0 Å². The monoisotopic (exact) mass is 908 g/mol. The van der Waals surface area contributed by atoms with Crippen molar-refractivity contribution in [2.45, 2.75) is 5.41 Å². The molecule has 2 heteroatoms.